The van der Waals surface area contributed by atoms with Crippen LogP contribution in [0.5, 0.6) is 0 Å². The van der Waals surface area contributed by atoms with Crippen molar-refractivity contribution in [2.75, 3.05) is 23.7 Å². The Morgan fingerprint density at radius 1 is 0.971 bits per heavy atom. The molecule has 0 saturated carbocycles. The Kier molecular flexibility index (Phi) is 8.15. The van der Waals surface area contributed by atoms with Gasteiger partial charge in [-0.15, -0.1) is 0 Å². The van der Waals surface area contributed by atoms with Crippen molar-refractivity contribution in [1.82, 2.24) is 4.98 Å². The van der Waals surface area contributed by atoms with E-state index in [0.29, 0.717) is 11.1 Å². The molecule has 180 valence electrons. The fraction of sp³-hybridized carbons (Fsp3) is 0.308. The number of rotatable bonds is 3. The molecule has 1 aliphatic rings. The molecule has 0 spiro atoms. The van der Waals surface area contributed by atoms with Crippen LogP contribution in [0.15, 0.2) is 60.8 Å². The van der Waals surface area contributed by atoms with Crippen molar-refractivity contribution >= 4 is 17.5 Å². The molecule has 1 fully saturated rings. The molecule has 0 aliphatic carbocycles. The molecular weight excluding hydrogens is 443 g/mol. The zero-order chi connectivity index (χ0) is 24.7. The molecule has 3 aromatic rings. The number of alkyl halides is 3. The maximum Gasteiger partial charge on any atom is 0.416 e. The Morgan fingerprint density at radius 3 is 2.15 bits per heavy atom. The van der Waals surface area contributed by atoms with E-state index in [1.54, 1.807) is 19.2 Å². The lowest BCUT2D eigenvalue weighted by atomic mass is 9.97. The van der Waals surface area contributed by atoms with Crippen LogP contribution < -0.4 is 10.6 Å². The monoisotopic (exact) mass is 471 g/mol. The van der Waals surface area contributed by atoms with Gasteiger partial charge in [-0.2, -0.15) is 13.2 Å². The van der Waals surface area contributed by atoms with E-state index < -0.39 is 17.7 Å². The minimum atomic E-state index is -4.38. The van der Waals surface area contributed by atoms with Crippen LogP contribution in [0.4, 0.5) is 24.7 Å². The van der Waals surface area contributed by atoms with Crippen molar-refractivity contribution < 1.29 is 23.1 Å². The molecule has 0 amide bonds. The minimum Gasteiger partial charge on any atom is -0.478 e. The maximum absolute atomic E-state index is 12.5. The van der Waals surface area contributed by atoms with Gasteiger partial charge in [0, 0.05) is 13.1 Å². The van der Waals surface area contributed by atoms with E-state index in [1.807, 2.05) is 12.1 Å². The van der Waals surface area contributed by atoms with Crippen LogP contribution in [-0.4, -0.2) is 29.1 Å². The Balaban J connectivity index is 0.000000202. The van der Waals surface area contributed by atoms with E-state index in [0.717, 1.165) is 42.3 Å². The van der Waals surface area contributed by atoms with Gasteiger partial charge in [0.2, 0.25) is 0 Å². The van der Waals surface area contributed by atoms with Crippen molar-refractivity contribution in [2.45, 2.75) is 38.8 Å². The number of nitrogen functional groups attached to an aromatic ring is 1. The Morgan fingerprint density at radius 2 is 1.62 bits per heavy atom. The zero-order valence-corrected chi connectivity index (χ0v) is 19.0. The van der Waals surface area contributed by atoms with Gasteiger partial charge in [-0.3, -0.25) is 0 Å². The Hall–Kier alpha value is -3.55. The summed E-state index contributed by atoms with van der Waals surface area (Å²) in [6, 6.07) is 13.2. The second-order valence-corrected chi connectivity index (χ2v) is 8.26. The Labute approximate surface area is 197 Å². The molecule has 1 saturated heterocycles. The molecule has 5 nitrogen and oxygen atoms in total. The topological polar surface area (TPSA) is 79.4 Å². The fourth-order valence-corrected chi connectivity index (χ4v) is 3.79. The number of aromatic carboxylic acids is 1. The first-order chi connectivity index (χ1) is 16.1. The highest BCUT2D eigenvalue weighted by Crippen LogP contribution is 2.32. The van der Waals surface area contributed by atoms with Gasteiger partial charge in [0.25, 0.3) is 0 Å². The largest absolute Gasteiger partial charge is 0.478 e. The van der Waals surface area contributed by atoms with Crippen LogP contribution in [0.1, 0.15) is 47.2 Å². The number of aryl methyl sites for hydroxylation is 1. The van der Waals surface area contributed by atoms with Crippen LogP contribution in [0, 0.1) is 6.92 Å². The lowest BCUT2D eigenvalue weighted by Gasteiger charge is -2.21. The second kappa shape index (κ2) is 11.0. The van der Waals surface area contributed by atoms with Gasteiger partial charge in [-0.1, -0.05) is 31.0 Å². The smallest absolute Gasteiger partial charge is 0.416 e. The summed E-state index contributed by atoms with van der Waals surface area (Å²) in [6.07, 6.45) is 2.63. The summed E-state index contributed by atoms with van der Waals surface area (Å²) in [6.45, 7) is 4.05. The number of hydrogen-bond donors (Lipinski definition) is 2. The molecule has 8 heteroatoms. The Bertz CT molecular complexity index is 1090. The summed E-state index contributed by atoms with van der Waals surface area (Å²) in [4.78, 5) is 17.6. The van der Waals surface area contributed by atoms with E-state index in [1.165, 1.54) is 49.9 Å². The standard InChI is InChI=1S/C15H11F3O2.C11H17N3/c1-9-2-3-11(14(19)20)8-13(9)10-4-6-12(7-5-10)15(16,17)18;12-10-5-6-11(13-9-10)14-7-3-1-2-4-8-14/h2-8H,1H3,(H,19,20);5-6,9H,1-4,7-8,12H2. The molecule has 0 bridgehead atoms. The van der Waals surface area contributed by atoms with Crippen LogP contribution in [0.3, 0.4) is 0 Å². The number of hydrogen-bond acceptors (Lipinski definition) is 4. The van der Waals surface area contributed by atoms with Crippen molar-refractivity contribution in [3.63, 3.8) is 0 Å². The third-order valence-corrected chi connectivity index (χ3v) is 5.71. The molecule has 4 rings (SSSR count). The van der Waals surface area contributed by atoms with Gasteiger partial charge in [0.15, 0.2) is 0 Å². The van der Waals surface area contributed by atoms with Gasteiger partial charge in [-0.05, 0) is 72.9 Å². The third-order valence-electron chi connectivity index (χ3n) is 5.71. The van der Waals surface area contributed by atoms with Gasteiger partial charge in [0.05, 0.1) is 23.0 Å². The number of carboxylic acid groups (broad SMARTS) is 1. The average Bonchev–Trinajstić information content (AvgIpc) is 3.09. The number of aromatic nitrogens is 1. The molecule has 2 aromatic carbocycles. The van der Waals surface area contributed by atoms with E-state index in [4.69, 9.17) is 10.8 Å². The zero-order valence-electron chi connectivity index (χ0n) is 19.0. The molecule has 1 aromatic heterocycles. The van der Waals surface area contributed by atoms with E-state index >= 15 is 0 Å². The predicted molar refractivity (Wildman–Crippen MR) is 128 cm³/mol. The minimum absolute atomic E-state index is 0.102. The molecule has 34 heavy (non-hydrogen) atoms. The first kappa shape index (κ1) is 25.1. The molecule has 0 radical (unpaired) electrons. The quantitative estimate of drug-likeness (QED) is 0.461. The molecular formula is C26H28F3N3O2. The highest BCUT2D eigenvalue weighted by molar-refractivity contribution is 5.90. The first-order valence-electron chi connectivity index (χ1n) is 11.1. The summed E-state index contributed by atoms with van der Waals surface area (Å²) < 4.78 is 37.5. The SMILES string of the molecule is Cc1ccc(C(=O)O)cc1-c1ccc(C(F)(F)F)cc1.Nc1ccc(N2CCCCCC2)nc1. The second-order valence-electron chi connectivity index (χ2n) is 8.26. The number of carboxylic acids is 1. The molecule has 0 unspecified atom stereocenters. The van der Waals surface area contributed by atoms with Crippen molar-refractivity contribution in [2.24, 2.45) is 0 Å². The molecule has 0 atom stereocenters. The van der Waals surface area contributed by atoms with Crippen molar-refractivity contribution in [3.05, 3.63) is 77.5 Å². The average molecular weight is 472 g/mol. The van der Waals surface area contributed by atoms with E-state index in [9.17, 15) is 18.0 Å². The molecule has 2 heterocycles. The summed E-state index contributed by atoms with van der Waals surface area (Å²) in [5.41, 5.74) is 7.68. The number of nitrogens with zero attached hydrogens (tertiary/aromatic N) is 2. The van der Waals surface area contributed by atoms with Crippen LogP contribution in [0.2, 0.25) is 0 Å². The summed E-state index contributed by atoms with van der Waals surface area (Å²) >= 11 is 0. The molecule has 1 aliphatic heterocycles. The van der Waals surface area contributed by atoms with E-state index in [-0.39, 0.29) is 5.56 Å². The number of halogens is 3. The van der Waals surface area contributed by atoms with Crippen LogP contribution in [0.25, 0.3) is 11.1 Å². The summed E-state index contributed by atoms with van der Waals surface area (Å²) in [5, 5.41) is 8.95. The number of anilines is 2. The van der Waals surface area contributed by atoms with Crippen molar-refractivity contribution in [1.29, 1.82) is 0 Å². The van der Waals surface area contributed by atoms with Gasteiger partial charge in [-0.25, -0.2) is 9.78 Å². The van der Waals surface area contributed by atoms with Gasteiger partial charge >= 0.3 is 12.1 Å². The number of nitrogens with two attached hydrogens (primary N) is 1. The number of benzene rings is 2. The van der Waals surface area contributed by atoms with Crippen LogP contribution in [-0.2, 0) is 6.18 Å². The van der Waals surface area contributed by atoms with Gasteiger partial charge in [0.1, 0.15) is 5.82 Å². The summed E-state index contributed by atoms with van der Waals surface area (Å²) in [7, 11) is 0. The predicted octanol–water partition coefficient (Wildman–Crippen LogP) is 6.42. The fourth-order valence-electron chi connectivity index (χ4n) is 3.79. The maximum atomic E-state index is 12.5. The van der Waals surface area contributed by atoms with E-state index in [2.05, 4.69) is 9.88 Å². The highest BCUT2D eigenvalue weighted by Gasteiger charge is 2.30. The van der Waals surface area contributed by atoms with Gasteiger partial charge < -0.3 is 15.7 Å². The first-order valence-corrected chi connectivity index (χ1v) is 11.1. The highest BCUT2D eigenvalue weighted by atomic mass is 19.4. The number of pyridine rings is 1. The lowest BCUT2D eigenvalue weighted by Crippen LogP contribution is -2.24. The van der Waals surface area contributed by atoms with Crippen molar-refractivity contribution in [3.8, 4) is 11.1 Å². The van der Waals surface area contributed by atoms with Crippen LogP contribution >= 0.6 is 0 Å². The lowest BCUT2D eigenvalue weighted by molar-refractivity contribution is -0.137. The third kappa shape index (κ3) is 6.73. The number of carbonyl (C=O) groups is 1. The normalized spacial score (nSPS) is 14.1. The molecule has 3 N–H and O–H groups in total. The summed E-state index contributed by atoms with van der Waals surface area (Å²) in [5.74, 6) is -0.000684.